The number of aliphatic carboxylic acids is 1. The highest BCUT2D eigenvalue weighted by Gasteiger charge is 2.55. The van der Waals surface area contributed by atoms with E-state index in [1.165, 1.54) is 0 Å². The van der Waals surface area contributed by atoms with Gasteiger partial charge in [-0.15, -0.1) is 12.4 Å². The van der Waals surface area contributed by atoms with E-state index in [2.05, 4.69) is 15.3 Å². The van der Waals surface area contributed by atoms with Gasteiger partial charge in [-0.25, -0.2) is 4.79 Å². The number of nitrogens with zero attached hydrogens (tertiary/aromatic N) is 1. The SMILES string of the molecule is CC(C(=O)Nc1ccc2[nH]c(=O)[nH]c2c1)N1C[C@@H]2CCC[C@@]2(C(=O)O)C1.Cl. The van der Waals surface area contributed by atoms with Crippen LogP contribution in [-0.4, -0.2) is 51.0 Å². The molecule has 2 fully saturated rings. The number of hydrogen-bond donors (Lipinski definition) is 4. The zero-order chi connectivity index (χ0) is 18.5. The van der Waals surface area contributed by atoms with Crippen molar-refractivity contribution in [3.05, 3.63) is 28.7 Å². The van der Waals surface area contributed by atoms with Crippen LogP contribution in [0, 0.1) is 11.3 Å². The minimum absolute atomic E-state index is 0. The van der Waals surface area contributed by atoms with E-state index in [0.29, 0.717) is 36.2 Å². The van der Waals surface area contributed by atoms with E-state index in [0.717, 1.165) is 12.8 Å². The molecule has 1 amide bonds. The number of carbonyl (C=O) groups excluding carboxylic acids is 1. The normalized spacial score (nSPS) is 25.7. The minimum Gasteiger partial charge on any atom is -0.481 e. The largest absolute Gasteiger partial charge is 0.481 e. The Morgan fingerprint density at radius 1 is 1.33 bits per heavy atom. The molecule has 27 heavy (non-hydrogen) atoms. The number of likely N-dealkylation sites (tertiary alicyclic amines) is 1. The summed E-state index contributed by atoms with van der Waals surface area (Å²) in [6, 6.07) is 4.74. The lowest BCUT2D eigenvalue weighted by molar-refractivity contribution is -0.149. The van der Waals surface area contributed by atoms with Gasteiger partial charge >= 0.3 is 11.7 Å². The highest BCUT2D eigenvalue weighted by Crippen LogP contribution is 2.49. The van der Waals surface area contributed by atoms with Crippen LogP contribution in [0.1, 0.15) is 26.2 Å². The summed E-state index contributed by atoms with van der Waals surface area (Å²) in [5.74, 6) is -0.795. The van der Waals surface area contributed by atoms with Gasteiger partial charge in [0, 0.05) is 18.8 Å². The molecule has 1 unspecified atom stereocenters. The number of benzene rings is 1. The molecule has 9 heteroatoms. The van der Waals surface area contributed by atoms with Crippen LogP contribution < -0.4 is 11.0 Å². The van der Waals surface area contributed by atoms with E-state index in [1.807, 2.05) is 11.8 Å². The summed E-state index contributed by atoms with van der Waals surface area (Å²) in [5, 5.41) is 12.6. The predicted octanol–water partition coefficient (Wildman–Crippen LogP) is 1.79. The molecule has 4 rings (SSSR count). The maximum absolute atomic E-state index is 12.7. The topological polar surface area (TPSA) is 118 Å². The molecule has 146 valence electrons. The van der Waals surface area contributed by atoms with Crippen molar-refractivity contribution in [2.75, 3.05) is 18.4 Å². The van der Waals surface area contributed by atoms with Gasteiger partial charge in [-0.05, 0) is 43.9 Å². The second kappa shape index (κ2) is 7.01. The van der Waals surface area contributed by atoms with Crippen LogP contribution in [0.4, 0.5) is 5.69 Å². The standard InChI is InChI=1S/C18H22N4O4.ClH/c1-10(22-8-11-3-2-6-18(11,9-22)16(24)25)15(23)19-12-4-5-13-14(7-12)21-17(26)20-13;/h4-5,7,10-11H,2-3,6,8-9H2,1H3,(H,19,23)(H,24,25)(H2,20,21,26);1H/t10?,11-,18+;/m0./s1. The van der Waals surface area contributed by atoms with Gasteiger partial charge in [0.1, 0.15) is 0 Å². The molecular weight excluding hydrogens is 372 g/mol. The monoisotopic (exact) mass is 394 g/mol. The fourth-order valence-corrected chi connectivity index (χ4v) is 4.50. The van der Waals surface area contributed by atoms with Crippen LogP contribution in [0.3, 0.4) is 0 Å². The lowest BCUT2D eigenvalue weighted by atomic mass is 9.81. The van der Waals surface area contributed by atoms with Crippen molar-refractivity contribution in [1.29, 1.82) is 0 Å². The summed E-state index contributed by atoms with van der Waals surface area (Å²) in [4.78, 5) is 43.1. The number of carbonyl (C=O) groups is 2. The fourth-order valence-electron chi connectivity index (χ4n) is 4.50. The molecule has 0 spiro atoms. The van der Waals surface area contributed by atoms with E-state index in [-0.39, 0.29) is 29.9 Å². The van der Waals surface area contributed by atoms with Crippen molar-refractivity contribution in [1.82, 2.24) is 14.9 Å². The third-order valence-corrected chi connectivity index (χ3v) is 6.03. The second-order valence-electron chi connectivity index (χ2n) is 7.48. The number of aromatic amines is 2. The molecule has 3 atom stereocenters. The summed E-state index contributed by atoms with van der Waals surface area (Å²) in [5.41, 5.74) is 0.909. The van der Waals surface area contributed by atoms with E-state index in [1.54, 1.807) is 18.2 Å². The molecule has 1 aliphatic carbocycles. The first-order chi connectivity index (χ1) is 12.4. The van der Waals surface area contributed by atoms with Gasteiger partial charge in [-0.1, -0.05) is 6.42 Å². The van der Waals surface area contributed by atoms with Gasteiger partial charge < -0.3 is 20.4 Å². The Bertz CT molecular complexity index is 939. The van der Waals surface area contributed by atoms with Crippen LogP contribution in [-0.2, 0) is 9.59 Å². The zero-order valence-electron chi connectivity index (χ0n) is 14.9. The zero-order valence-corrected chi connectivity index (χ0v) is 15.8. The Kier molecular flexibility index (Phi) is 5.05. The maximum Gasteiger partial charge on any atom is 0.323 e. The molecule has 1 aromatic carbocycles. The number of carboxylic acids is 1. The number of halogens is 1. The van der Waals surface area contributed by atoms with Gasteiger partial charge in [-0.3, -0.25) is 14.5 Å². The second-order valence-corrected chi connectivity index (χ2v) is 7.48. The number of hydrogen-bond acceptors (Lipinski definition) is 4. The Labute approximate surface area is 161 Å². The van der Waals surface area contributed by atoms with Crippen LogP contribution in [0.25, 0.3) is 11.0 Å². The van der Waals surface area contributed by atoms with Crippen molar-refractivity contribution >= 4 is 41.0 Å². The van der Waals surface area contributed by atoms with E-state index in [9.17, 15) is 19.5 Å². The van der Waals surface area contributed by atoms with Gasteiger partial charge in [0.2, 0.25) is 5.91 Å². The average molecular weight is 395 g/mol. The first-order valence-corrected chi connectivity index (χ1v) is 8.89. The van der Waals surface area contributed by atoms with Gasteiger partial charge in [0.05, 0.1) is 22.5 Å². The van der Waals surface area contributed by atoms with Crippen LogP contribution in [0.5, 0.6) is 0 Å². The third kappa shape index (κ3) is 3.23. The van der Waals surface area contributed by atoms with E-state index >= 15 is 0 Å². The molecule has 4 N–H and O–H groups in total. The smallest absolute Gasteiger partial charge is 0.323 e. The Morgan fingerprint density at radius 2 is 2.07 bits per heavy atom. The number of aromatic nitrogens is 2. The number of H-pyrrole nitrogens is 2. The summed E-state index contributed by atoms with van der Waals surface area (Å²) in [7, 11) is 0. The molecule has 1 saturated heterocycles. The fraction of sp³-hybridized carbons (Fsp3) is 0.500. The highest BCUT2D eigenvalue weighted by molar-refractivity contribution is 5.96. The summed E-state index contributed by atoms with van der Waals surface area (Å²) in [6.45, 7) is 2.87. The average Bonchev–Trinajstić information content (AvgIpc) is 3.24. The lowest BCUT2D eigenvalue weighted by Gasteiger charge is -2.26. The van der Waals surface area contributed by atoms with Crippen molar-refractivity contribution in [2.24, 2.45) is 11.3 Å². The third-order valence-electron chi connectivity index (χ3n) is 6.03. The number of nitrogens with one attached hydrogen (secondary N) is 3. The molecule has 2 heterocycles. The van der Waals surface area contributed by atoms with Crippen LogP contribution in [0.15, 0.2) is 23.0 Å². The molecule has 2 aromatic rings. The minimum atomic E-state index is -0.739. The van der Waals surface area contributed by atoms with Crippen molar-refractivity contribution in [3.8, 4) is 0 Å². The molecule has 1 aliphatic heterocycles. The first-order valence-electron chi connectivity index (χ1n) is 8.89. The number of carboxylic acid groups (broad SMARTS) is 1. The van der Waals surface area contributed by atoms with Gasteiger partial charge in [0.25, 0.3) is 0 Å². The summed E-state index contributed by atoms with van der Waals surface area (Å²) < 4.78 is 0. The highest BCUT2D eigenvalue weighted by atomic mass is 35.5. The van der Waals surface area contributed by atoms with Crippen molar-refractivity contribution in [2.45, 2.75) is 32.2 Å². The molecular formula is C18H23ClN4O4. The Hall–Kier alpha value is -2.32. The Morgan fingerprint density at radius 3 is 2.78 bits per heavy atom. The van der Waals surface area contributed by atoms with Crippen molar-refractivity contribution in [3.63, 3.8) is 0 Å². The number of imidazole rings is 1. The number of fused-ring (bicyclic) bond motifs is 2. The van der Waals surface area contributed by atoms with E-state index in [4.69, 9.17) is 0 Å². The lowest BCUT2D eigenvalue weighted by Crippen LogP contribution is -2.43. The molecule has 1 aromatic heterocycles. The van der Waals surface area contributed by atoms with Gasteiger partial charge in [0.15, 0.2) is 0 Å². The predicted molar refractivity (Wildman–Crippen MR) is 103 cm³/mol. The maximum atomic E-state index is 12.7. The van der Waals surface area contributed by atoms with Crippen molar-refractivity contribution < 1.29 is 14.7 Å². The molecule has 0 radical (unpaired) electrons. The summed E-state index contributed by atoms with van der Waals surface area (Å²) >= 11 is 0. The number of rotatable bonds is 4. The molecule has 0 bridgehead atoms. The van der Waals surface area contributed by atoms with Crippen LogP contribution in [0.2, 0.25) is 0 Å². The molecule has 1 saturated carbocycles. The number of anilines is 1. The first kappa shape index (κ1) is 19.4. The molecule has 2 aliphatic rings. The Balaban J connectivity index is 0.00000210. The van der Waals surface area contributed by atoms with Crippen LogP contribution >= 0.6 is 12.4 Å². The van der Waals surface area contributed by atoms with Gasteiger partial charge in [-0.2, -0.15) is 0 Å². The summed E-state index contributed by atoms with van der Waals surface area (Å²) in [6.07, 6.45) is 2.55. The number of amides is 1. The quantitative estimate of drug-likeness (QED) is 0.630. The molecule has 8 nitrogen and oxygen atoms in total. The van der Waals surface area contributed by atoms with E-state index < -0.39 is 17.4 Å².